The molecule has 8 heteroatoms. The van der Waals surface area contributed by atoms with Crippen LogP contribution in [-0.4, -0.2) is 35.1 Å². The molecule has 25 heavy (non-hydrogen) atoms. The third-order valence-corrected chi connectivity index (χ3v) is 4.33. The van der Waals surface area contributed by atoms with Crippen molar-refractivity contribution in [3.63, 3.8) is 0 Å². The third-order valence-electron chi connectivity index (χ3n) is 3.23. The molecule has 0 radical (unpaired) electrons. The lowest BCUT2D eigenvalue weighted by Crippen LogP contribution is -2.39. The number of rotatable bonds is 9. The maximum absolute atomic E-state index is 12.1. The van der Waals surface area contributed by atoms with Crippen LogP contribution in [-0.2, 0) is 4.79 Å². The number of carbonyl (C=O) groups excluding carboxylic acids is 2. The van der Waals surface area contributed by atoms with E-state index in [0.29, 0.717) is 10.8 Å². The summed E-state index contributed by atoms with van der Waals surface area (Å²) in [6.07, 6.45) is 0.953. The average molecular weight is 367 g/mol. The summed E-state index contributed by atoms with van der Waals surface area (Å²) in [6.45, 7) is 7.66. The molecule has 2 amide bonds. The molecule has 1 aromatic carbocycles. The monoisotopic (exact) mass is 367 g/mol. The second-order valence-corrected chi connectivity index (χ2v) is 7.51. The molecule has 7 nitrogen and oxygen atoms in total. The number of carbonyl (C=O) groups is 2. The average Bonchev–Trinajstić information content (AvgIpc) is 2.51. The first-order valence-electron chi connectivity index (χ1n) is 8.19. The molecule has 0 aromatic heterocycles. The van der Waals surface area contributed by atoms with Crippen LogP contribution in [0.15, 0.2) is 23.1 Å². The fraction of sp³-hybridized carbons (Fsp3) is 0.529. The largest absolute Gasteiger partial charge is 0.352 e. The van der Waals surface area contributed by atoms with E-state index in [-0.39, 0.29) is 29.7 Å². The van der Waals surface area contributed by atoms with E-state index >= 15 is 0 Å². The minimum absolute atomic E-state index is 0.0207. The van der Waals surface area contributed by atoms with Gasteiger partial charge in [-0.15, -0.1) is 11.8 Å². The van der Waals surface area contributed by atoms with Crippen molar-refractivity contribution in [3.8, 4) is 0 Å². The summed E-state index contributed by atoms with van der Waals surface area (Å²) in [4.78, 5) is 35.0. The zero-order chi connectivity index (χ0) is 19.0. The smallest absolute Gasteiger partial charge is 0.283 e. The lowest BCUT2D eigenvalue weighted by atomic mass is 10.2. The molecular weight excluding hydrogens is 342 g/mol. The zero-order valence-electron chi connectivity index (χ0n) is 15.0. The normalized spacial score (nSPS) is 10.8. The van der Waals surface area contributed by atoms with E-state index in [0.717, 1.165) is 12.2 Å². The van der Waals surface area contributed by atoms with Crippen LogP contribution >= 0.6 is 11.8 Å². The summed E-state index contributed by atoms with van der Waals surface area (Å²) in [5.74, 6) is 0.479. The minimum Gasteiger partial charge on any atom is -0.352 e. The van der Waals surface area contributed by atoms with Gasteiger partial charge in [-0.3, -0.25) is 19.7 Å². The number of nitro benzene ring substituents is 1. The lowest BCUT2D eigenvalue weighted by Gasteiger charge is -2.10. The molecule has 2 N–H and O–H groups in total. The van der Waals surface area contributed by atoms with Crippen molar-refractivity contribution in [2.45, 2.75) is 45.1 Å². The Labute approximate surface area is 152 Å². The van der Waals surface area contributed by atoms with Crippen LogP contribution in [0.1, 0.15) is 44.5 Å². The number of amides is 2. The Kier molecular flexibility index (Phi) is 8.40. The first-order chi connectivity index (χ1) is 11.7. The first-order valence-corrected chi connectivity index (χ1v) is 9.18. The van der Waals surface area contributed by atoms with Gasteiger partial charge in [-0.2, -0.15) is 0 Å². The van der Waals surface area contributed by atoms with Gasteiger partial charge in [0.2, 0.25) is 5.91 Å². The number of nitrogens with one attached hydrogen (secondary N) is 2. The highest BCUT2D eigenvalue weighted by Gasteiger charge is 2.18. The molecule has 0 aliphatic rings. The Bertz CT molecular complexity index is 632. The van der Waals surface area contributed by atoms with Gasteiger partial charge in [0, 0.05) is 17.7 Å². The summed E-state index contributed by atoms with van der Waals surface area (Å²) in [6, 6.07) is 4.37. The van der Waals surface area contributed by atoms with Crippen LogP contribution in [0.4, 0.5) is 5.69 Å². The molecule has 0 spiro atoms. The van der Waals surface area contributed by atoms with Crippen LogP contribution in [0.2, 0.25) is 0 Å². The highest BCUT2D eigenvalue weighted by atomic mass is 32.2. The third kappa shape index (κ3) is 7.55. The van der Waals surface area contributed by atoms with E-state index in [1.165, 1.54) is 17.8 Å². The van der Waals surface area contributed by atoms with Crippen molar-refractivity contribution in [3.05, 3.63) is 33.9 Å². The molecule has 138 valence electrons. The number of nitro groups is 1. The molecule has 0 aliphatic carbocycles. The number of hydrogen-bond acceptors (Lipinski definition) is 5. The molecule has 0 fully saturated rings. The summed E-state index contributed by atoms with van der Waals surface area (Å²) in [7, 11) is 0. The fourth-order valence-electron chi connectivity index (χ4n) is 1.96. The summed E-state index contributed by atoms with van der Waals surface area (Å²) in [5, 5.41) is 16.4. The number of benzene rings is 1. The molecule has 0 heterocycles. The van der Waals surface area contributed by atoms with E-state index in [4.69, 9.17) is 0 Å². The van der Waals surface area contributed by atoms with Crippen molar-refractivity contribution in [2.75, 3.05) is 12.3 Å². The topological polar surface area (TPSA) is 101 Å². The second-order valence-electron chi connectivity index (χ2n) is 6.38. The SMILES string of the molecule is CC(C)CCSc1ccc(C(=O)NCC(=O)NC(C)C)cc1[N+](=O)[O-]. The van der Waals surface area contributed by atoms with Crippen molar-refractivity contribution in [1.29, 1.82) is 0 Å². The highest BCUT2D eigenvalue weighted by Crippen LogP contribution is 2.31. The Hall–Kier alpha value is -2.09. The van der Waals surface area contributed by atoms with Gasteiger partial charge in [0.1, 0.15) is 0 Å². The van der Waals surface area contributed by atoms with Crippen molar-refractivity contribution < 1.29 is 14.5 Å². The second kappa shape index (κ2) is 10.0. The molecule has 0 atom stereocenters. The Morgan fingerprint density at radius 2 is 1.92 bits per heavy atom. The van der Waals surface area contributed by atoms with Gasteiger partial charge in [0.05, 0.1) is 16.4 Å². The lowest BCUT2D eigenvalue weighted by molar-refractivity contribution is -0.387. The maximum Gasteiger partial charge on any atom is 0.283 e. The molecule has 1 aromatic rings. The van der Waals surface area contributed by atoms with E-state index in [1.807, 2.05) is 13.8 Å². The molecule has 0 bridgehead atoms. The molecule has 1 rings (SSSR count). The van der Waals surface area contributed by atoms with Crippen molar-refractivity contribution in [2.24, 2.45) is 5.92 Å². The summed E-state index contributed by atoms with van der Waals surface area (Å²) < 4.78 is 0. The van der Waals surface area contributed by atoms with E-state index in [1.54, 1.807) is 12.1 Å². The van der Waals surface area contributed by atoms with E-state index in [9.17, 15) is 19.7 Å². The van der Waals surface area contributed by atoms with E-state index < -0.39 is 10.8 Å². The molecular formula is C17H25N3O4S. The van der Waals surface area contributed by atoms with Crippen LogP contribution in [0.3, 0.4) is 0 Å². The van der Waals surface area contributed by atoms with Crippen LogP contribution < -0.4 is 10.6 Å². The van der Waals surface area contributed by atoms with Gasteiger partial charge in [-0.25, -0.2) is 0 Å². The molecule has 0 saturated carbocycles. The quantitative estimate of drug-likeness (QED) is 0.397. The number of thioether (sulfide) groups is 1. The predicted octanol–water partition coefficient (Wildman–Crippen LogP) is 2.99. The Morgan fingerprint density at radius 3 is 2.48 bits per heavy atom. The van der Waals surface area contributed by atoms with Gasteiger partial charge in [0.25, 0.3) is 11.6 Å². The van der Waals surface area contributed by atoms with Gasteiger partial charge in [0.15, 0.2) is 0 Å². The number of hydrogen-bond donors (Lipinski definition) is 2. The zero-order valence-corrected chi connectivity index (χ0v) is 15.8. The number of nitrogens with zero attached hydrogens (tertiary/aromatic N) is 1. The molecule has 0 saturated heterocycles. The van der Waals surface area contributed by atoms with Crippen LogP contribution in [0, 0.1) is 16.0 Å². The molecule has 0 aliphatic heterocycles. The van der Waals surface area contributed by atoms with Crippen molar-refractivity contribution in [1.82, 2.24) is 10.6 Å². The summed E-state index contributed by atoms with van der Waals surface area (Å²) >= 11 is 1.41. The molecule has 0 unspecified atom stereocenters. The summed E-state index contributed by atoms with van der Waals surface area (Å²) in [5.41, 5.74) is 0.0743. The van der Waals surface area contributed by atoms with Gasteiger partial charge < -0.3 is 10.6 Å². The van der Waals surface area contributed by atoms with Crippen LogP contribution in [0.5, 0.6) is 0 Å². The standard InChI is InChI=1S/C17H25N3O4S/c1-11(2)7-8-25-15-6-5-13(9-14(15)20(23)24)17(22)18-10-16(21)19-12(3)4/h5-6,9,11-12H,7-8,10H2,1-4H3,(H,18,22)(H,19,21). The minimum atomic E-state index is -0.513. The first kappa shape index (κ1) is 21.0. The van der Waals surface area contributed by atoms with Gasteiger partial charge >= 0.3 is 0 Å². The Morgan fingerprint density at radius 1 is 1.24 bits per heavy atom. The predicted molar refractivity (Wildman–Crippen MR) is 98.9 cm³/mol. The van der Waals surface area contributed by atoms with E-state index in [2.05, 4.69) is 24.5 Å². The Balaban J connectivity index is 2.77. The van der Waals surface area contributed by atoms with Gasteiger partial charge in [-0.1, -0.05) is 13.8 Å². The maximum atomic E-state index is 12.1. The van der Waals surface area contributed by atoms with Crippen molar-refractivity contribution >= 4 is 29.3 Å². The van der Waals surface area contributed by atoms with Crippen LogP contribution in [0.25, 0.3) is 0 Å². The fourth-order valence-corrected chi connectivity index (χ4v) is 3.22. The van der Waals surface area contributed by atoms with Gasteiger partial charge in [-0.05, 0) is 44.1 Å². The highest BCUT2D eigenvalue weighted by molar-refractivity contribution is 7.99.